The molecule has 5 heteroatoms. The lowest BCUT2D eigenvalue weighted by atomic mass is 10.3. The Labute approximate surface area is 70.4 Å². The predicted molar refractivity (Wildman–Crippen MR) is 45.3 cm³/mol. The minimum atomic E-state index is 0.850. The fourth-order valence-electron chi connectivity index (χ4n) is 0.848. The van der Waals surface area contributed by atoms with Gasteiger partial charge in [0.25, 0.3) is 0 Å². The molecule has 0 spiro atoms. The average molecular weight is 172 g/mol. The highest BCUT2D eigenvalue weighted by Gasteiger charge is 2.02. The summed E-state index contributed by atoms with van der Waals surface area (Å²) in [6.45, 7) is 2.12. The summed E-state index contributed by atoms with van der Waals surface area (Å²) >= 11 is 1.72. The smallest absolute Gasteiger partial charge is 0.152 e. The third-order valence-corrected chi connectivity index (χ3v) is 1.83. The first-order chi connectivity index (χ1) is 5.38. The van der Waals surface area contributed by atoms with Gasteiger partial charge in [0.1, 0.15) is 0 Å². The first kappa shape index (κ1) is 8.52. The van der Waals surface area contributed by atoms with Crippen molar-refractivity contribution in [1.29, 1.82) is 0 Å². The van der Waals surface area contributed by atoms with E-state index in [2.05, 4.69) is 22.4 Å². The Balaban J connectivity index is 2.62. The minimum absolute atomic E-state index is 0.850. The molecule has 0 aliphatic carbocycles. The van der Waals surface area contributed by atoms with Gasteiger partial charge in [-0.1, -0.05) is 6.92 Å². The zero-order valence-electron chi connectivity index (χ0n) is 6.82. The van der Waals surface area contributed by atoms with Crippen LogP contribution in [0.1, 0.15) is 19.2 Å². The fourth-order valence-corrected chi connectivity index (χ4v) is 1.29. The summed E-state index contributed by atoms with van der Waals surface area (Å²) in [6, 6.07) is 0. The number of thioether (sulfide) groups is 1. The van der Waals surface area contributed by atoms with Gasteiger partial charge in [-0.2, -0.15) is 0 Å². The Bertz CT molecular complexity index is 190. The van der Waals surface area contributed by atoms with Gasteiger partial charge in [0.2, 0.25) is 0 Å². The highest BCUT2D eigenvalue weighted by molar-refractivity contribution is 7.97. The van der Waals surface area contributed by atoms with Crippen LogP contribution in [0.5, 0.6) is 0 Å². The highest BCUT2D eigenvalue weighted by Crippen LogP contribution is 2.02. The molecular weight excluding hydrogens is 160 g/mol. The molecule has 0 bridgehead atoms. The number of rotatable bonds is 4. The Kier molecular flexibility index (Phi) is 3.35. The molecule has 0 amide bonds. The maximum Gasteiger partial charge on any atom is 0.152 e. The molecule has 0 aliphatic heterocycles. The van der Waals surface area contributed by atoms with Gasteiger partial charge in [0.15, 0.2) is 5.82 Å². The molecule has 1 rings (SSSR count). The molecule has 1 aromatic rings. The van der Waals surface area contributed by atoms with Crippen molar-refractivity contribution in [3.05, 3.63) is 5.82 Å². The lowest BCUT2D eigenvalue weighted by Gasteiger charge is -1.98. The number of tetrazole rings is 1. The third kappa shape index (κ3) is 2.18. The Morgan fingerprint density at radius 3 is 3.00 bits per heavy atom. The van der Waals surface area contributed by atoms with E-state index in [9.17, 15) is 0 Å². The fraction of sp³-hybridized carbons (Fsp3) is 0.833. The molecule has 0 radical (unpaired) electrons. The maximum atomic E-state index is 3.91. The van der Waals surface area contributed by atoms with Gasteiger partial charge >= 0.3 is 0 Å². The van der Waals surface area contributed by atoms with Crippen LogP contribution < -0.4 is 0 Å². The van der Waals surface area contributed by atoms with Crippen LogP contribution in [-0.2, 0) is 12.3 Å². The van der Waals surface area contributed by atoms with E-state index in [-0.39, 0.29) is 0 Å². The van der Waals surface area contributed by atoms with E-state index in [1.807, 2.05) is 10.9 Å². The van der Waals surface area contributed by atoms with Crippen molar-refractivity contribution in [2.45, 2.75) is 25.6 Å². The van der Waals surface area contributed by atoms with Gasteiger partial charge in [-0.3, -0.25) is 0 Å². The molecule has 0 unspecified atom stereocenters. The number of hydrogen-bond acceptors (Lipinski definition) is 4. The largest absolute Gasteiger partial charge is 0.220 e. The van der Waals surface area contributed by atoms with Gasteiger partial charge in [-0.05, 0) is 23.1 Å². The average Bonchev–Trinajstić information content (AvgIpc) is 2.39. The standard InChI is InChI=1S/C6H12N4S/c1-3-4-6-7-8-9-10(6)5-11-2/h3-5H2,1-2H3. The second-order valence-corrected chi connectivity index (χ2v) is 3.10. The van der Waals surface area contributed by atoms with Gasteiger partial charge in [-0.25, -0.2) is 4.68 Å². The summed E-state index contributed by atoms with van der Waals surface area (Å²) < 4.78 is 1.84. The zero-order valence-corrected chi connectivity index (χ0v) is 7.63. The predicted octanol–water partition coefficient (Wildman–Crippen LogP) is 0.946. The molecular formula is C6H12N4S. The van der Waals surface area contributed by atoms with Crippen molar-refractivity contribution in [2.24, 2.45) is 0 Å². The van der Waals surface area contributed by atoms with Crippen LogP contribution in [0.15, 0.2) is 0 Å². The maximum absolute atomic E-state index is 3.91. The SMILES string of the molecule is CCCc1nnnn1CSC. The summed E-state index contributed by atoms with van der Waals surface area (Å²) in [6.07, 6.45) is 4.10. The third-order valence-electron chi connectivity index (χ3n) is 1.33. The van der Waals surface area contributed by atoms with Crippen LogP contribution in [0.25, 0.3) is 0 Å². The molecule has 0 fully saturated rings. The van der Waals surface area contributed by atoms with E-state index >= 15 is 0 Å². The zero-order chi connectivity index (χ0) is 8.10. The first-order valence-corrected chi connectivity index (χ1v) is 5.01. The van der Waals surface area contributed by atoms with Crippen molar-refractivity contribution < 1.29 is 0 Å². The van der Waals surface area contributed by atoms with Crippen LogP contribution in [0, 0.1) is 0 Å². The molecule has 4 nitrogen and oxygen atoms in total. The molecule has 0 aliphatic rings. The molecule has 11 heavy (non-hydrogen) atoms. The van der Waals surface area contributed by atoms with Gasteiger partial charge in [-0.15, -0.1) is 16.9 Å². The van der Waals surface area contributed by atoms with Crippen LogP contribution in [0.2, 0.25) is 0 Å². The lowest BCUT2D eigenvalue weighted by Crippen LogP contribution is -2.02. The normalized spacial score (nSPS) is 10.4. The monoisotopic (exact) mass is 172 g/mol. The van der Waals surface area contributed by atoms with E-state index in [1.165, 1.54) is 0 Å². The Morgan fingerprint density at radius 2 is 2.36 bits per heavy atom. The van der Waals surface area contributed by atoms with Gasteiger partial charge in [0.05, 0.1) is 5.88 Å². The number of hydrogen-bond donors (Lipinski definition) is 0. The quantitative estimate of drug-likeness (QED) is 0.678. The van der Waals surface area contributed by atoms with Crippen LogP contribution in [0.4, 0.5) is 0 Å². The molecule has 0 aromatic carbocycles. The molecule has 0 saturated carbocycles. The molecule has 1 aromatic heterocycles. The van der Waals surface area contributed by atoms with Crippen LogP contribution in [-0.4, -0.2) is 26.5 Å². The first-order valence-electron chi connectivity index (χ1n) is 3.62. The summed E-state index contributed by atoms with van der Waals surface area (Å²) in [7, 11) is 0. The van der Waals surface area contributed by atoms with Crippen LogP contribution >= 0.6 is 11.8 Å². The number of aryl methyl sites for hydroxylation is 1. The van der Waals surface area contributed by atoms with Crippen molar-refractivity contribution in [2.75, 3.05) is 6.26 Å². The van der Waals surface area contributed by atoms with Crippen LogP contribution in [0.3, 0.4) is 0 Å². The van der Waals surface area contributed by atoms with Crippen molar-refractivity contribution >= 4 is 11.8 Å². The second kappa shape index (κ2) is 4.33. The van der Waals surface area contributed by atoms with E-state index in [0.29, 0.717) is 0 Å². The molecule has 0 atom stereocenters. The van der Waals surface area contributed by atoms with E-state index < -0.39 is 0 Å². The molecule has 0 saturated heterocycles. The number of aromatic nitrogens is 4. The molecule has 1 heterocycles. The second-order valence-electron chi connectivity index (χ2n) is 2.26. The minimum Gasteiger partial charge on any atom is -0.220 e. The highest BCUT2D eigenvalue weighted by atomic mass is 32.2. The van der Waals surface area contributed by atoms with Crippen molar-refractivity contribution in [3.8, 4) is 0 Å². The molecule has 62 valence electrons. The van der Waals surface area contributed by atoms with Gasteiger partial charge in [0, 0.05) is 6.42 Å². The van der Waals surface area contributed by atoms with Crippen molar-refractivity contribution in [1.82, 2.24) is 20.2 Å². The van der Waals surface area contributed by atoms with E-state index in [4.69, 9.17) is 0 Å². The van der Waals surface area contributed by atoms with E-state index in [1.54, 1.807) is 11.8 Å². The summed E-state index contributed by atoms with van der Waals surface area (Å²) in [5, 5.41) is 11.4. The van der Waals surface area contributed by atoms with Gasteiger partial charge < -0.3 is 0 Å². The Hall–Kier alpha value is -0.580. The summed E-state index contributed by atoms with van der Waals surface area (Å²) in [4.78, 5) is 0. The lowest BCUT2D eigenvalue weighted by molar-refractivity contribution is 0.658. The molecule has 0 N–H and O–H groups in total. The van der Waals surface area contributed by atoms with Crippen molar-refractivity contribution in [3.63, 3.8) is 0 Å². The summed E-state index contributed by atoms with van der Waals surface area (Å²) in [5.74, 6) is 1.84. The Morgan fingerprint density at radius 1 is 1.55 bits per heavy atom. The summed E-state index contributed by atoms with van der Waals surface area (Å²) in [5.41, 5.74) is 0. The number of nitrogens with zero attached hydrogens (tertiary/aromatic N) is 4. The van der Waals surface area contributed by atoms with E-state index in [0.717, 1.165) is 24.5 Å². The topological polar surface area (TPSA) is 43.6 Å².